The van der Waals surface area contributed by atoms with Crippen LogP contribution >= 0.6 is 0 Å². The van der Waals surface area contributed by atoms with Gasteiger partial charge in [0.2, 0.25) is 0 Å². The first kappa shape index (κ1) is 15.0. The summed E-state index contributed by atoms with van der Waals surface area (Å²) in [5.74, 6) is 1.24. The molecule has 0 aromatic heterocycles. The molecule has 0 amide bonds. The standard InChI is InChI=1S/C15H25NO2/c1-4-18-14-7-5-6-13(10-14)11-16-9-8-15(17)12(2)3/h5-7,10,12,15-17H,4,8-9,11H2,1-3H3. The van der Waals surface area contributed by atoms with E-state index in [1.54, 1.807) is 0 Å². The Morgan fingerprint density at radius 2 is 2.11 bits per heavy atom. The molecule has 0 bridgehead atoms. The first-order chi connectivity index (χ1) is 8.63. The van der Waals surface area contributed by atoms with Crippen molar-refractivity contribution in [2.45, 2.75) is 39.8 Å². The fourth-order valence-electron chi connectivity index (χ4n) is 1.73. The number of ether oxygens (including phenoxy) is 1. The van der Waals surface area contributed by atoms with Crippen LogP contribution in [-0.2, 0) is 6.54 Å². The highest BCUT2D eigenvalue weighted by atomic mass is 16.5. The van der Waals surface area contributed by atoms with E-state index < -0.39 is 0 Å². The number of hydrogen-bond acceptors (Lipinski definition) is 3. The molecular formula is C15H25NO2. The minimum Gasteiger partial charge on any atom is -0.494 e. The van der Waals surface area contributed by atoms with E-state index in [0.717, 1.165) is 25.3 Å². The highest BCUT2D eigenvalue weighted by Crippen LogP contribution is 2.13. The van der Waals surface area contributed by atoms with Gasteiger partial charge in [0.1, 0.15) is 5.75 Å². The number of hydrogen-bond donors (Lipinski definition) is 2. The predicted octanol–water partition coefficient (Wildman–Crippen LogP) is 2.58. The summed E-state index contributed by atoms with van der Waals surface area (Å²) in [6.07, 6.45) is 0.579. The van der Waals surface area contributed by atoms with Gasteiger partial charge in [0, 0.05) is 6.54 Å². The maximum atomic E-state index is 9.68. The van der Waals surface area contributed by atoms with E-state index in [1.807, 2.05) is 32.9 Å². The molecule has 1 rings (SSSR count). The first-order valence-electron chi connectivity index (χ1n) is 6.74. The highest BCUT2D eigenvalue weighted by Gasteiger charge is 2.07. The zero-order valence-electron chi connectivity index (χ0n) is 11.6. The summed E-state index contributed by atoms with van der Waals surface area (Å²) < 4.78 is 5.45. The third kappa shape index (κ3) is 5.52. The van der Waals surface area contributed by atoms with Crippen molar-refractivity contribution in [2.75, 3.05) is 13.2 Å². The van der Waals surface area contributed by atoms with Crippen LogP contribution in [0.2, 0.25) is 0 Å². The fourth-order valence-corrected chi connectivity index (χ4v) is 1.73. The minimum absolute atomic E-state index is 0.216. The van der Waals surface area contributed by atoms with Crippen LogP contribution in [0.25, 0.3) is 0 Å². The quantitative estimate of drug-likeness (QED) is 0.698. The van der Waals surface area contributed by atoms with E-state index in [2.05, 4.69) is 17.4 Å². The lowest BCUT2D eigenvalue weighted by Gasteiger charge is -2.14. The topological polar surface area (TPSA) is 41.5 Å². The van der Waals surface area contributed by atoms with Crippen LogP contribution in [0.5, 0.6) is 5.75 Å². The van der Waals surface area contributed by atoms with Gasteiger partial charge in [0.25, 0.3) is 0 Å². The molecule has 0 aliphatic heterocycles. The Balaban J connectivity index is 2.28. The van der Waals surface area contributed by atoms with Crippen LogP contribution in [0.15, 0.2) is 24.3 Å². The number of rotatable bonds is 8. The van der Waals surface area contributed by atoms with Crippen molar-refractivity contribution in [3.63, 3.8) is 0 Å². The molecule has 0 radical (unpaired) electrons. The number of benzene rings is 1. The molecule has 0 saturated carbocycles. The second-order valence-electron chi connectivity index (χ2n) is 4.86. The van der Waals surface area contributed by atoms with Crippen molar-refractivity contribution in [3.05, 3.63) is 29.8 Å². The Morgan fingerprint density at radius 1 is 1.33 bits per heavy atom. The molecule has 102 valence electrons. The van der Waals surface area contributed by atoms with Gasteiger partial charge in [-0.15, -0.1) is 0 Å². The molecule has 0 saturated heterocycles. The van der Waals surface area contributed by atoms with Crippen LogP contribution in [0.4, 0.5) is 0 Å². The van der Waals surface area contributed by atoms with Gasteiger partial charge in [0.15, 0.2) is 0 Å². The Bertz CT molecular complexity index is 339. The Labute approximate surface area is 110 Å². The number of nitrogens with one attached hydrogen (secondary N) is 1. The van der Waals surface area contributed by atoms with Crippen molar-refractivity contribution in [3.8, 4) is 5.75 Å². The summed E-state index contributed by atoms with van der Waals surface area (Å²) in [6, 6.07) is 8.10. The lowest BCUT2D eigenvalue weighted by molar-refractivity contribution is 0.116. The monoisotopic (exact) mass is 251 g/mol. The maximum absolute atomic E-state index is 9.68. The highest BCUT2D eigenvalue weighted by molar-refractivity contribution is 5.28. The van der Waals surface area contributed by atoms with Crippen molar-refractivity contribution in [1.29, 1.82) is 0 Å². The molecule has 1 atom stereocenters. The zero-order valence-corrected chi connectivity index (χ0v) is 11.6. The smallest absolute Gasteiger partial charge is 0.119 e. The molecule has 1 unspecified atom stereocenters. The van der Waals surface area contributed by atoms with Gasteiger partial charge in [-0.1, -0.05) is 26.0 Å². The molecule has 0 aliphatic carbocycles. The predicted molar refractivity (Wildman–Crippen MR) is 74.8 cm³/mol. The van der Waals surface area contributed by atoms with Crippen LogP contribution < -0.4 is 10.1 Å². The molecule has 18 heavy (non-hydrogen) atoms. The van der Waals surface area contributed by atoms with Crippen molar-refractivity contribution < 1.29 is 9.84 Å². The summed E-state index contributed by atoms with van der Waals surface area (Å²) in [6.45, 7) is 8.39. The molecular weight excluding hydrogens is 226 g/mol. The van der Waals surface area contributed by atoms with Gasteiger partial charge in [0.05, 0.1) is 12.7 Å². The lowest BCUT2D eigenvalue weighted by atomic mass is 10.0. The molecule has 0 spiro atoms. The molecule has 1 aromatic carbocycles. The average Bonchev–Trinajstić information content (AvgIpc) is 2.35. The summed E-state index contributed by atoms with van der Waals surface area (Å²) >= 11 is 0. The summed E-state index contributed by atoms with van der Waals surface area (Å²) in [5, 5.41) is 13.0. The van der Waals surface area contributed by atoms with Gasteiger partial charge in [-0.2, -0.15) is 0 Å². The van der Waals surface area contributed by atoms with E-state index >= 15 is 0 Å². The van der Waals surface area contributed by atoms with Gasteiger partial charge < -0.3 is 15.2 Å². The molecule has 1 aromatic rings. The van der Waals surface area contributed by atoms with E-state index in [0.29, 0.717) is 12.5 Å². The van der Waals surface area contributed by atoms with E-state index in [4.69, 9.17) is 4.74 Å². The van der Waals surface area contributed by atoms with Gasteiger partial charge in [-0.3, -0.25) is 0 Å². The Kier molecular flexibility index (Phi) is 6.76. The number of aliphatic hydroxyl groups is 1. The average molecular weight is 251 g/mol. The van der Waals surface area contributed by atoms with Gasteiger partial charge in [-0.05, 0) is 43.5 Å². The summed E-state index contributed by atoms with van der Waals surface area (Å²) in [7, 11) is 0. The van der Waals surface area contributed by atoms with E-state index in [1.165, 1.54) is 5.56 Å². The normalized spacial score (nSPS) is 12.7. The molecule has 3 nitrogen and oxygen atoms in total. The van der Waals surface area contributed by atoms with Crippen LogP contribution in [0.1, 0.15) is 32.8 Å². The second kappa shape index (κ2) is 8.11. The van der Waals surface area contributed by atoms with Crippen molar-refractivity contribution in [2.24, 2.45) is 5.92 Å². The lowest BCUT2D eigenvalue weighted by Crippen LogP contribution is -2.23. The Hall–Kier alpha value is -1.06. The maximum Gasteiger partial charge on any atom is 0.119 e. The van der Waals surface area contributed by atoms with Crippen LogP contribution in [-0.4, -0.2) is 24.4 Å². The van der Waals surface area contributed by atoms with E-state index in [-0.39, 0.29) is 6.10 Å². The van der Waals surface area contributed by atoms with Crippen molar-refractivity contribution in [1.82, 2.24) is 5.32 Å². The summed E-state index contributed by atoms with van der Waals surface area (Å²) in [5.41, 5.74) is 1.21. The SMILES string of the molecule is CCOc1cccc(CNCCC(O)C(C)C)c1. The third-order valence-corrected chi connectivity index (χ3v) is 2.93. The largest absolute Gasteiger partial charge is 0.494 e. The fraction of sp³-hybridized carbons (Fsp3) is 0.600. The van der Waals surface area contributed by atoms with E-state index in [9.17, 15) is 5.11 Å². The summed E-state index contributed by atoms with van der Waals surface area (Å²) in [4.78, 5) is 0. The Morgan fingerprint density at radius 3 is 2.78 bits per heavy atom. The minimum atomic E-state index is -0.216. The first-order valence-corrected chi connectivity index (χ1v) is 6.74. The molecule has 2 N–H and O–H groups in total. The second-order valence-corrected chi connectivity index (χ2v) is 4.86. The van der Waals surface area contributed by atoms with Gasteiger partial charge in [-0.25, -0.2) is 0 Å². The van der Waals surface area contributed by atoms with Gasteiger partial charge >= 0.3 is 0 Å². The number of aliphatic hydroxyl groups excluding tert-OH is 1. The third-order valence-electron chi connectivity index (χ3n) is 2.93. The molecule has 0 heterocycles. The van der Waals surface area contributed by atoms with Crippen molar-refractivity contribution >= 4 is 0 Å². The molecule has 0 aliphatic rings. The van der Waals surface area contributed by atoms with Crippen LogP contribution in [0, 0.1) is 5.92 Å². The molecule has 3 heteroatoms. The zero-order chi connectivity index (χ0) is 13.4. The van der Waals surface area contributed by atoms with Crippen LogP contribution in [0.3, 0.4) is 0 Å². The molecule has 0 fully saturated rings.